The fourth-order valence-corrected chi connectivity index (χ4v) is 6.40. The Morgan fingerprint density at radius 3 is 2.21 bits per heavy atom. The van der Waals surface area contributed by atoms with E-state index in [1.165, 1.54) is 17.3 Å². The second kappa shape index (κ2) is 9.30. The number of hydrazone groups is 2. The Kier molecular flexibility index (Phi) is 5.92. The Labute approximate surface area is 227 Å². The van der Waals surface area contributed by atoms with Gasteiger partial charge in [-0.05, 0) is 67.9 Å². The van der Waals surface area contributed by atoms with Crippen LogP contribution in [0.25, 0.3) is 0 Å². The average Bonchev–Trinajstić information content (AvgIpc) is 3.32. The molecule has 4 aromatic carbocycles. The molecule has 0 saturated heterocycles. The number of thioether (sulfide) groups is 1. The van der Waals surface area contributed by atoms with E-state index in [1.807, 2.05) is 40.3 Å². The van der Waals surface area contributed by atoms with Crippen molar-refractivity contribution in [3.63, 3.8) is 0 Å². The van der Waals surface area contributed by atoms with Gasteiger partial charge in [-0.15, -0.1) is 0 Å². The quantitative estimate of drug-likeness (QED) is 0.289. The standard InChI is InChI=1S/C32H28N4OS/c1-21-18-19-22(2)27(20-21)30-26-15-9-10-16-28(26)32(35(33-30)25-13-6-5-7-14-25)36(34-31(38-32)24(4)37)29-17-11-8-12-23(29)3/h5-20H,1-4H3/t32-/m0/s1. The molecule has 5 nitrogen and oxygen atoms in total. The largest absolute Gasteiger partial charge is 0.292 e. The number of benzene rings is 4. The molecular weight excluding hydrogens is 488 g/mol. The van der Waals surface area contributed by atoms with E-state index in [0.717, 1.165) is 44.9 Å². The number of para-hydroxylation sites is 2. The smallest absolute Gasteiger partial charge is 0.234 e. The van der Waals surface area contributed by atoms with Gasteiger partial charge in [-0.3, -0.25) is 4.79 Å². The molecule has 188 valence electrons. The van der Waals surface area contributed by atoms with Crippen molar-refractivity contribution in [2.24, 2.45) is 10.2 Å². The van der Waals surface area contributed by atoms with Crippen LogP contribution in [-0.2, 0) is 9.79 Å². The molecule has 2 aliphatic heterocycles. The first-order valence-electron chi connectivity index (χ1n) is 12.7. The highest BCUT2D eigenvalue weighted by Crippen LogP contribution is 2.55. The topological polar surface area (TPSA) is 48.3 Å². The fraction of sp³-hybridized carbons (Fsp3) is 0.156. The first kappa shape index (κ1) is 24.2. The van der Waals surface area contributed by atoms with Gasteiger partial charge < -0.3 is 0 Å². The molecule has 0 N–H and O–H groups in total. The van der Waals surface area contributed by atoms with E-state index in [1.54, 1.807) is 6.92 Å². The Morgan fingerprint density at radius 1 is 0.737 bits per heavy atom. The summed E-state index contributed by atoms with van der Waals surface area (Å²) in [6.07, 6.45) is 0. The highest BCUT2D eigenvalue weighted by molar-refractivity contribution is 8.17. The molecule has 0 amide bonds. The Morgan fingerprint density at radius 2 is 1.45 bits per heavy atom. The van der Waals surface area contributed by atoms with Crippen LogP contribution in [0, 0.1) is 20.8 Å². The number of nitrogens with zero attached hydrogens (tertiary/aromatic N) is 4. The molecule has 2 aliphatic rings. The van der Waals surface area contributed by atoms with Crippen molar-refractivity contribution in [2.45, 2.75) is 32.7 Å². The molecule has 0 bridgehead atoms. The Bertz CT molecular complexity index is 1630. The van der Waals surface area contributed by atoms with Crippen LogP contribution in [-0.4, -0.2) is 16.5 Å². The minimum absolute atomic E-state index is 0.0692. The zero-order chi connectivity index (χ0) is 26.4. The maximum absolute atomic E-state index is 12.8. The summed E-state index contributed by atoms with van der Waals surface area (Å²) >= 11 is 1.45. The highest BCUT2D eigenvalue weighted by Gasteiger charge is 2.56. The van der Waals surface area contributed by atoms with Gasteiger partial charge in [0, 0.05) is 23.6 Å². The van der Waals surface area contributed by atoms with Crippen molar-refractivity contribution in [1.82, 2.24) is 0 Å². The van der Waals surface area contributed by atoms with Gasteiger partial charge in [0.15, 0.2) is 10.8 Å². The number of anilines is 2. The third kappa shape index (κ3) is 3.75. The fourth-order valence-electron chi connectivity index (χ4n) is 5.12. The number of Topliss-reactive ketones (excluding diaryl/α,β-unsaturated/α-hetero) is 1. The minimum atomic E-state index is -0.938. The van der Waals surface area contributed by atoms with Crippen molar-refractivity contribution in [2.75, 3.05) is 10.0 Å². The molecule has 1 atom stereocenters. The predicted molar refractivity (Wildman–Crippen MR) is 158 cm³/mol. The molecule has 6 heteroatoms. The zero-order valence-electron chi connectivity index (χ0n) is 21.8. The molecule has 0 saturated carbocycles. The number of hydrogen-bond acceptors (Lipinski definition) is 6. The van der Waals surface area contributed by atoms with Gasteiger partial charge in [0.25, 0.3) is 0 Å². The summed E-state index contributed by atoms with van der Waals surface area (Å²) in [5.74, 6) is -0.0692. The van der Waals surface area contributed by atoms with Crippen LogP contribution in [0.1, 0.15) is 40.3 Å². The Balaban J connectivity index is 1.70. The molecule has 0 unspecified atom stereocenters. The second-order valence-corrected chi connectivity index (χ2v) is 10.9. The van der Waals surface area contributed by atoms with Gasteiger partial charge >= 0.3 is 0 Å². The van der Waals surface area contributed by atoms with Crippen LogP contribution < -0.4 is 10.0 Å². The summed E-state index contributed by atoms with van der Waals surface area (Å²) in [7, 11) is 0. The minimum Gasteiger partial charge on any atom is -0.292 e. The van der Waals surface area contributed by atoms with Crippen molar-refractivity contribution < 1.29 is 4.79 Å². The molecule has 0 fully saturated rings. The Hall–Kier alpha value is -4.16. The molecule has 4 aromatic rings. The van der Waals surface area contributed by atoms with Gasteiger partial charge in [-0.1, -0.05) is 78.4 Å². The first-order chi connectivity index (χ1) is 18.4. The zero-order valence-corrected chi connectivity index (χ0v) is 22.7. The molecule has 0 radical (unpaired) electrons. The monoisotopic (exact) mass is 516 g/mol. The van der Waals surface area contributed by atoms with Crippen molar-refractivity contribution in [3.05, 3.63) is 130 Å². The summed E-state index contributed by atoms with van der Waals surface area (Å²) in [6, 6.07) is 33.1. The number of carbonyl (C=O) groups excluding carboxylic acids is 1. The number of hydrogen-bond donors (Lipinski definition) is 0. The summed E-state index contributed by atoms with van der Waals surface area (Å²) in [4.78, 5) is 11.9. The van der Waals surface area contributed by atoms with Crippen LogP contribution >= 0.6 is 11.8 Å². The molecule has 0 aliphatic carbocycles. The molecule has 1 spiro atoms. The van der Waals surface area contributed by atoms with Gasteiger partial charge in [0.05, 0.1) is 17.1 Å². The van der Waals surface area contributed by atoms with Crippen LogP contribution in [0.2, 0.25) is 0 Å². The number of aryl methyl sites for hydroxylation is 3. The number of rotatable bonds is 4. The molecule has 6 rings (SSSR count). The summed E-state index contributed by atoms with van der Waals surface area (Å²) in [5, 5.41) is 14.8. The van der Waals surface area contributed by atoms with Gasteiger partial charge in [0.2, 0.25) is 4.99 Å². The van der Waals surface area contributed by atoms with Crippen LogP contribution in [0.5, 0.6) is 0 Å². The summed E-state index contributed by atoms with van der Waals surface area (Å²) in [6.45, 7) is 7.88. The van der Waals surface area contributed by atoms with Gasteiger partial charge in [-0.2, -0.15) is 10.2 Å². The number of ketones is 1. The maximum Gasteiger partial charge on any atom is 0.234 e. The maximum atomic E-state index is 12.8. The first-order valence-corrected chi connectivity index (χ1v) is 13.5. The van der Waals surface area contributed by atoms with Crippen molar-refractivity contribution >= 4 is 39.7 Å². The lowest BCUT2D eigenvalue weighted by molar-refractivity contribution is -0.110. The number of carbonyl (C=O) groups is 1. The van der Waals surface area contributed by atoms with Crippen molar-refractivity contribution in [1.29, 1.82) is 0 Å². The lowest BCUT2D eigenvalue weighted by Crippen LogP contribution is -2.54. The highest BCUT2D eigenvalue weighted by atomic mass is 32.2. The summed E-state index contributed by atoms with van der Waals surface area (Å²) in [5.41, 5.74) is 9.29. The lowest BCUT2D eigenvalue weighted by Gasteiger charge is -2.47. The van der Waals surface area contributed by atoms with E-state index in [2.05, 4.69) is 87.5 Å². The van der Waals surface area contributed by atoms with E-state index in [4.69, 9.17) is 10.2 Å². The predicted octanol–water partition coefficient (Wildman–Crippen LogP) is 7.15. The molecular formula is C32H28N4OS. The molecule has 2 heterocycles. The number of fused-ring (bicyclic) bond motifs is 2. The van der Waals surface area contributed by atoms with E-state index in [-0.39, 0.29) is 5.78 Å². The van der Waals surface area contributed by atoms with Crippen LogP contribution in [0.4, 0.5) is 11.4 Å². The lowest BCUT2D eigenvalue weighted by atomic mass is 9.90. The van der Waals surface area contributed by atoms with E-state index < -0.39 is 4.99 Å². The SMILES string of the molecule is CC(=O)C1=NN(c2ccccc2C)[C@]2(S1)c1ccccc1C(c1cc(C)ccc1C)=NN2c1ccccc1. The van der Waals surface area contributed by atoms with Crippen molar-refractivity contribution in [3.8, 4) is 0 Å². The van der Waals surface area contributed by atoms with Crippen LogP contribution in [0.3, 0.4) is 0 Å². The van der Waals surface area contributed by atoms with Gasteiger partial charge in [0.1, 0.15) is 0 Å². The third-order valence-corrected chi connectivity index (χ3v) is 8.44. The second-order valence-electron chi connectivity index (χ2n) is 9.73. The van der Waals surface area contributed by atoms with E-state index in [9.17, 15) is 4.79 Å². The third-order valence-electron chi connectivity index (χ3n) is 7.03. The van der Waals surface area contributed by atoms with Crippen LogP contribution in [0.15, 0.2) is 107 Å². The average molecular weight is 517 g/mol. The van der Waals surface area contributed by atoms with E-state index in [0.29, 0.717) is 5.04 Å². The molecule has 0 aromatic heterocycles. The summed E-state index contributed by atoms with van der Waals surface area (Å²) < 4.78 is 0. The molecule has 38 heavy (non-hydrogen) atoms. The van der Waals surface area contributed by atoms with Gasteiger partial charge in [-0.25, -0.2) is 10.0 Å². The van der Waals surface area contributed by atoms with E-state index >= 15 is 0 Å². The normalized spacial score (nSPS) is 18.3.